The summed E-state index contributed by atoms with van der Waals surface area (Å²) in [5, 5.41) is 13.1. The highest BCUT2D eigenvalue weighted by molar-refractivity contribution is 7.80. The molecular weight excluding hydrogens is 258 g/mol. The van der Waals surface area contributed by atoms with Crippen molar-refractivity contribution >= 4 is 30.4 Å². The molecule has 0 aromatic heterocycles. The van der Waals surface area contributed by atoms with E-state index in [2.05, 4.69) is 23.3 Å². The van der Waals surface area contributed by atoms with Crippen LogP contribution >= 0.6 is 12.6 Å². The molecule has 0 aliphatic carbocycles. The third-order valence-corrected chi connectivity index (χ3v) is 2.44. The van der Waals surface area contributed by atoms with E-state index in [0.717, 1.165) is 0 Å². The maximum absolute atomic E-state index is 11.5. The first kappa shape index (κ1) is 16.7. The molecule has 0 bridgehead atoms. The Morgan fingerprint density at radius 2 is 2.00 bits per heavy atom. The van der Waals surface area contributed by atoms with Crippen molar-refractivity contribution in [2.45, 2.75) is 31.8 Å². The second kappa shape index (κ2) is 8.76. The van der Waals surface area contributed by atoms with Gasteiger partial charge in [0.05, 0.1) is 0 Å². The Hall–Kier alpha value is -1.28. The van der Waals surface area contributed by atoms with Gasteiger partial charge in [-0.3, -0.25) is 14.4 Å². The quantitative estimate of drug-likeness (QED) is 0.354. The normalized spacial score (nSPS) is 13.5. The van der Waals surface area contributed by atoms with Crippen molar-refractivity contribution in [2.24, 2.45) is 5.73 Å². The van der Waals surface area contributed by atoms with Gasteiger partial charge in [-0.05, 0) is 13.3 Å². The Labute approximate surface area is 111 Å². The number of nitrogens with one attached hydrogen (secondary N) is 2. The van der Waals surface area contributed by atoms with Crippen molar-refractivity contribution in [3.05, 3.63) is 0 Å². The van der Waals surface area contributed by atoms with Gasteiger partial charge in [-0.1, -0.05) is 0 Å². The van der Waals surface area contributed by atoms with E-state index in [9.17, 15) is 14.4 Å². The molecule has 18 heavy (non-hydrogen) atoms. The molecule has 0 saturated carbocycles. The van der Waals surface area contributed by atoms with E-state index in [1.165, 1.54) is 0 Å². The summed E-state index contributed by atoms with van der Waals surface area (Å²) in [5.41, 5.74) is 5.51. The number of rotatable bonds is 8. The summed E-state index contributed by atoms with van der Waals surface area (Å²) in [5.74, 6) is -1.93. The topological polar surface area (TPSA) is 122 Å². The molecule has 0 spiro atoms. The van der Waals surface area contributed by atoms with Gasteiger partial charge in [-0.25, -0.2) is 0 Å². The lowest BCUT2D eigenvalue weighted by atomic mass is 10.2. The van der Waals surface area contributed by atoms with Gasteiger partial charge < -0.3 is 21.5 Å². The van der Waals surface area contributed by atoms with Crippen molar-refractivity contribution in [2.75, 3.05) is 12.3 Å². The van der Waals surface area contributed by atoms with Gasteiger partial charge in [0.2, 0.25) is 11.8 Å². The first-order chi connectivity index (χ1) is 8.36. The van der Waals surface area contributed by atoms with Crippen LogP contribution in [0.3, 0.4) is 0 Å². The van der Waals surface area contributed by atoms with E-state index < -0.39 is 24.5 Å². The molecule has 2 amide bonds. The van der Waals surface area contributed by atoms with Crippen LogP contribution in [0.5, 0.6) is 0 Å². The van der Waals surface area contributed by atoms with Gasteiger partial charge in [0, 0.05) is 18.2 Å². The monoisotopic (exact) mass is 277 g/mol. The number of carboxylic acids is 1. The third-order valence-electron chi connectivity index (χ3n) is 2.07. The van der Waals surface area contributed by atoms with E-state index in [1.54, 1.807) is 6.92 Å². The van der Waals surface area contributed by atoms with Crippen molar-refractivity contribution in [1.82, 2.24) is 10.6 Å². The molecule has 0 radical (unpaired) electrons. The highest BCUT2D eigenvalue weighted by Gasteiger charge is 2.19. The number of nitrogens with two attached hydrogens (primary N) is 1. The molecule has 0 aromatic carbocycles. The average Bonchev–Trinajstić information content (AvgIpc) is 2.30. The Morgan fingerprint density at radius 3 is 2.44 bits per heavy atom. The molecule has 2 atom stereocenters. The molecule has 0 rings (SSSR count). The van der Waals surface area contributed by atoms with Crippen molar-refractivity contribution in [1.29, 1.82) is 0 Å². The maximum atomic E-state index is 11.5. The molecule has 0 aliphatic heterocycles. The lowest BCUT2D eigenvalue weighted by Gasteiger charge is -2.16. The molecule has 0 heterocycles. The molecule has 0 saturated heterocycles. The van der Waals surface area contributed by atoms with Gasteiger partial charge in [-0.15, -0.1) is 0 Å². The summed E-state index contributed by atoms with van der Waals surface area (Å²) in [6.45, 7) is 1.29. The molecule has 0 aromatic rings. The van der Waals surface area contributed by atoms with E-state index >= 15 is 0 Å². The molecule has 7 nitrogen and oxygen atoms in total. The summed E-state index contributed by atoms with van der Waals surface area (Å²) >= 11 is 3.94. The minimum absolute atomic E-state index is 0.0916. The van der Waals surface area contributed by atoms with Crippen molar-refractivity contribution in [3.8, 4) is 0 Å². The minimum Gasteiger partial charge on any atom is -0.480 e. The van der Waals surface area contributed by atoms with Gasteiger partial charge >= 0.3 is 5.97 Å². The van der Waals surface area contributed by atoms with Crippen LogP contribution in [0.15, 0.2) is 0 Å². The largest absolute Gasteiger partial charge is 0.480 e. The van der Waals surface area contributed by atoms with E-state index in [0.29, 0.717) is 6.42 Å². The SMILES string of the molecule is C[C@@H](N)CCC(=O)N[C@@H](CS)C(=O)NCC(=O)O. The van der Waals surface area contributed by atoms with Crippen molar-refractivity contribution in [3.63, 3.8) is 0 Å². The Balaban J connectivity index is 4.12. The number of hydrogen-bond donors (Lipinski definition) is 5. The summed E-state index contributed by atoms with van der Waals surface area (Å²) in [7, 11) is 0. The average molecular weight is 277 g/mol. The second-order valence-corrected chi connectivity index (χ2v) is 4.30. The molecule has 0 fully saturated rings. The van der Waals surface area contributed by atoms with Gasteiger partial charge in [0.15, 0.2) is 0 Å². The smallest absolute Gasteiger partial charge is 0.322 e. The predicted octanol–water partition coefficient (Wildman–Crippen LogP) is -1.27. The van der Waals surface area contributed by atoms with Crippen LogP contribution in [0.2, 0.25) is 0 Å². The first-order valence-electron chi connectivity index (χ1n) is 5.52. The molecule has 5 N–H and O–H groups in total. The zero-order valence-electron chi connectivity index (χ0n) is 10.2. The summed E-state index contributed by atoms with van der Waals surface area (Å²) in [4.78, 5) is 33.2. The van der Waals surface area contributed by atoms with Crippen LogP contribution in [-0.4, -0.2) is 47.3 Å². The fourth-order valence-corrected chi connectivity index (χ4v) is 1.36. The number of aliphatic carboxylic acids is 1. The zero-order valence-corrected chi connectivity index (χ0v) is 11.1. The summed E-state index contributed by atoms with van der Waals surface area (Å²) < 4.78 is 0. The number of carboxylic acid groups (broad SMARTS) is 1. The van der Waals surface area contributed by atoms with E-state index in [4.69, 9.17) is 10.8 Å². The molecule has 8 heteroatoms. The zero-order chi connectivity index (χ0) is 14.1. The lowest BCUT2D eigenvalue weighted by molar-refractivity contribution is -0.138. The predicted molar refractivity (Wildman–Crippen MR) is 69.3 cm³/mol. The summed E-state index contributed by atoms with van der Waals surface area (Å²) in [6.07, 6.45) is 0.732. The van der Waals surface area contributed by atoms with E-state index in [1.807, 2.05) is 0 Å². The van der Waals surface area contributed by atoms with Gasteiger partial charge in [0.25, 0.3) is 0 Å². The fraction of sp³-hybridized carbons (Fsp3) is 0.700. The molecule has 0 aliphatic rings. The highest BCUT2D eigenvalue weighted by Crippen LogP contribution is 1.96. The number of hydrogen-bond acceptors (Lipinski definition) is 5. The standard InChI is InChI=1S/C10H19N3O4S/c1-6(11)2-3-8(14)13-7(5-18)10(17)12-4-9(15)16/h6-7,18H,2-5,11H2,1H3,(H,12,17)(H,13,14)(H,15,16)/t6-,7+/m1/s1. The minimum atomic E-state index is -1.15. The number of carbonyl (C=O) groups excluding carboxylic acids is 2. The lowest BCUT2D eigenvalue weighted by Crippen LogP contribution is -2.49. The number of amides is 2. The second-order valence-electron chi connectivity index (χ2n) is 3.93. The van der Waals surface area contributed by atoms with Crippen LogP contribution in [0, 0.1) is 0 Å². The van der Waals surface area contributed by atoms with Crippen LogP contribution < -0.4 is 16.4 Å². The van der Waals surface area contributed by atoms with Gasteiger partial charge in [0.1, 0.15) is 12.6 Å². The third kappa shape index (κ3) is 7.91. The maximum Gasteiger partial charge on any atom is 0.322 e. The summed E-state index contributed by atoms with van der Waals surface area (Å²) in [6, 6.07) is -0.931. The Morgan fingerprint density at radius 1 is 1.39 bits per heavy atom. The van der Waals surface area contributed by atoms with Crippen LogP contribution in [-0.2, 0) is 14.4 Å². The number of carbonyl (C=O) groups is 3. The Kier molecular flexibility index (Phi) is 8.14. The molecule has 0 unspecified atom stereocenters. The van der Waals surface area contributed by atoms with E-state index in [-0.39, 0.29) is 24.1 Å². The van der Waals surface area contributed by atoms with Crippen molar-refractivity contribution < 1.29 is 19.5 Å². The number of thiol groups is 1. The van der Waals surface area contributed by atoms with Crippen LogP contribution in [0.25, 0.3) is 0 Å². The Bertz CT molecular complexity index is 309. The fourth-order valence-electron chi connectivity index (χ4n) is 1.11. The van der Waals surface area contributed by atoms with Crippen LogP contribution in [0.4, 0.5) is 0 Å². The van der Waals surface area contributed by atoms with Crippen LogP contribution in [0.1, 0.15) is 19.8 Å². The molecule has 104 valence electrons. The first-order valence-corrected chi connectivity index (χ1v) is 6.15. The molecular formula is C10H19N3O4S. The highest BCUT2D eigenvalue weighted by atomic mass is 32.1. The van der Waals surface area contributed by atoms with Gasteiger partial charge in [-0.2, -0.15) is 12.6 Å².